The van der Waals surface area contributed by atoms with Crippen LogP contribution in [0.25, 0.3) is 0 Å². The number of hydrogen-bond acceptors (Lipinski definition) is 3. The Hall–Kier alpha value is -1.55. The number of amides is 1. The molecule has 0 aromatic heterocycles. The molecule has 4 heteroatoms. The van der Waals surface area contributed by atoms with Crippen molar-refractivity contribution in [1.82, 2.24) is 5.32 Å². The summed E-state index contributed by atoms with van der Waals surface area (Å²) >= 11 is 0. The highest BCUT2D eigenvalue weighted by molar-refractivity contribution is 5.77. The molecule has 0 bridgehead atoms. The molecule has 1 fully saturated rings. The molecule has 1 saturated heterocycles. The van der Waals surface area contributed by atoms with Crippen LogP contribution in [0.15, 0.2) is 24.3 Å². The van der Waals surface area contributed by atoms with E-state index in [1.807, 2.05) is 38.1 Å². The minimum absolute atomic E-state index is 0.0369. The van der Waals surface area contributed by atoms with Gasteiger partial charge in [0.1, 0.15) is 5.75 Å². The van der Waals surface area contributed by atoms with Gasteiger partial charge in [-0.1, -0.05) is 25.1 Å². The van der Waals surface area contributed by atoms with E-state index < -0.39 is 0 Å². The molecule has 1 N–H and O–H groups in total. The molecule has 0 saturated carbocycles. The second-order valence-electron chi connectivity index (χ2n) is 7.64. The van der Waals surface area contributed by atoms with Gasteiger partial charge in [0.05, 0.1) is 24.4 Å². The first-order chi connectivity index (χ1) is 10.6. The molecule has 2 atom stereocenters. The minimum Gasteiger partial charge on any atom is -0.496 e. The lowest BCUT2D eigenvalue weighted by atomic mass is 9.93. The zero-order chi connectivity index (χ0) is 17.3. The first-order valence-corrected chi connectivity index (χ1v) is 8.27. The summed E-state index contributed by atoms with van der Waals surface area (Å²) in [6.07, 6.45) is 1.27. The molecule has 1 aliphatic rings. The number of ether oxygens (including phenoxy) is 2. The molecule has 4 nitrogen and oxygen atoms in total. The molecule has 0 radical (unpaired) electrons. The standard InChI is InChI=1S/C19H29NO3/c1-13(14-9-7-8-10-15(14)22-6)11-17(21)20-16-12-18(2,3)23-19(16,4)5/h7-10,13,16H,11-12H2,1-6H3,(H,20,21)/t13-,16+/m1/s1. The van der Waals surface area contributed by atoms with Gasteiger partial charge in [-0.05, 0) is 51.7 Å². The fourth-order valence-corrected chi connectivity index (χ4v) is 3.50. The molecule has 0 aliphatic carbocycles. The molecule has 128 valence electrons. The van der Waals surface area contributed by atoms with Crippen molar-refractivity contribution in [2.75, 3.05) is 7.11 Å². The summed E-state index contributed by atoms with van der Waals surface area (Å²) in [5.41, 5.74) is 0.523. The lowest BCUT2D eigenvalue weighted by Gasteiger charge is -2.28. The van der Waals surface area contributed by atoms with Gasteiger partial charge in [-0.15, -0.1) is 0 Å². The van der Waals surface area contributed by atoms with Crippen molar-refractivity contribution in [2.45, 2.75) is 70.6 Å². The molecule has 23 heavy (non-hydrogen) atoms. The van der Waals surface area contributed by atoms with E-state index in [0.29, 0.717) is 6.42 Å². The Kier molecular flexibility index (Phi) is 5.04. The van der Waals surface area contributed by atoms with Crippen LogP contribution in [0, 0.1) is 0 Å². The summed E-state index contributed by atoms with van der Waals surface area (Å²) in [6, 6.07) is 7.90. The van der Waals surface area contributed by atoms with Crippen LogP contribution in [0.4, 0.5) is 0 Å². The van der Waals surface area contributed by atoms with E-state index >= 15 is 0 Å². The molecule has 2 rings (SSSR count). The summed E-state index contributed by atoms with van der Waals surface area (Å²) in [4.78, 5) is 12.5. The number of rotatable bonds is 5. The minimum atomic E-state index is -0.340. The molecule has 1 aliphatic heterocycles. The van der Waals surface area contributed by atoms with Crippen molar-refractivity contribution in [3.8, 4) is 5.75 Å². The van der Waals surface area contributed by atoms with E-state index in [0.717, 1.165) is 17.7 Å². The lowest BCUT2D eigenvalue weighted by molar-refractivity contribution is -0.124. The number of nitrogens with one attached hydrogen (secondary N) is 1. The van der Waals surface area contributed by atoms with Gasteiger partial charge in [0.15, 0.2) is 0 Å². The fraction of sp³-hybridized carbons (Fsp3) is 0.632. The van der Waals surface area contributed by atoms with Crippen LogP contribution in [0.1, 0.15) is 58.9 Å². The number of benzene rings is 1. The topological polar surface area (TPSA) is 47.6 Å². The zero-order valence-electron chi connectivity index (χ0n) is 15.1. The lowest BCUT2D eigenvalue weighted by Crippen LogP contribution is -2.46. The highest BCUT2D eigenvalue weighted by Gasteiger charge is 2.46. The quantitative estimate of drug-likeness (QED) is 0.901. The Balaban J connectivity index is 2.00. The molecular weight excluding hydrogens is 290 g/mol. The Morgan fingerprint density at radius 2 is 2.00 bits per heavy atom. The fourth-order valence-electron chi connectivity index (χ4n) is 3.50. The van der Waals surface area contributed by atoms with Crippen LogP contribution in [-0.2, 0) is 9.53 Å². The second kappa shape index (κ2) is 6.52. The monoisotopic (exact) mass is 319 g/mol. The van der Waals surface area contributed by atoms with Crippen LogP contribution < -0.4 is 10.1 Å². The van der Waals surface area contributed by atoms with Crippen molar-refractivity contribution >= 4 is 5.91 Å². The van der Waals surface area contributed by atoms with Gasteiger partial charge in [-0.3, -0.25) is 4.79 Å². The summed E-state index contributed by atoms with van der Waals surface area (Å²) in [6.45, 7) is 10.3. The maximum absolute atomic E-state index is 12.5. The van der Waals surface area contributed by atoms with Crippen LogP contribution >= 0.6 is 0 Å². The SMILES string of the molecule is COc1ccccc1[C@H](C)CC(=O)N[C@H]1CC(C)(C)OC1(C)C. The average Bonchev–Trinajstić information content (AvgIpc) is 2.65. The van der Waals surface area contributed by atoms with E-state index in [-0.39, 0.29) is 29.1 Å². The largest absolute Gasteiger partial charge is 0.496 e. The maximum atomic E-state index is 12.5. The molecule has 1 aromatic carbocycles. The molecule has 0 unspecified atom stereocenters. The van der Waals surface area contributed by atoms with Crippen LogP contribution in [0.5, 0.6) is 5.75 Å². The van der Waals surface area contributed by atoms with Gasteiger partial charge in [-0.25, -0.2) is 0 Å². The summed E-state index contributed by atoms with van der Waals surface area (Å²) < 4.78 is 11.4. The average molecular weight is 319 g/mol. The smallest absolute Gasteiger partial charge is 0.220 e. The van der Waals surface area contributed by atoms with Gasteiger partial charge in [0.25, 0.3) is 0 Å². The Morgan fingerprint density at radius 3 is 2.57 bits per heavy atom. The first kappa shape index (κ1) is 17.8. The number of methoxy groups -OCH3 is 1. The van der Waals surface area contributed by atoms with Gasteiger partial charge in [0, 0.05) is 6.42 Å². The third-order valence-corrected chi connectivity index (χ3v) is 4.57. The summed E-state index contributed by atoms with van der Waals surface area (Å²) in [7, 11) is 1.66. The van der Waals surface area contributed by atoms with Crippen molar-refractivity contribution in [3.63, 3.8) is 0 Å². The molecular formula is C19H29NO3. The zero-order valence-corrected chi connectivity index (χ0v) is 15.1. The highest BCUT2D eigenvalue weighted by Crippen LogP contribution is 2.37. The number of hydrogen-bond donors (Lipinski definition) is 1. The van der Waals surface area contributed by atoms with Gasteiger partial charge < -0.3 is 14.8 Å². The third kappa shape index (κ3) is 4.25. The van der Waals surface area contributed by atoms with E-state index in [2.05, 4.69) is 26.1 Å². The molecule has 0 spiro atoms. The maximum Gasteiger partial charge on any atom is 0.220 e. The van der Waals surface area contributed by atoms with Crippen molar-refractivity contribution < 1.29 is 14.3 Å². The third-order valence-electron chi connectivity index (χ3n) is 4.57. The molecule has 1 amide bonds. The van der Waals surface area contributed by atoms with Crippen molar-refractivity contribution in [1.29, 1.82) is 0 Å². The van der Waals surface area contributed by atoms with Crippen LogP contribution in [-0.4, -0.2) is 30.3 Å². The van der Waals surface area contributed by atoms with Crippen LogP contribution in [0.2, 0.25) is 0 Å². The van der Waals surface area contributed by atoms with Gasteiger partial charge in [0.2, 0.25) is 5.91 Å². The Labute approximate surface area is 139 Å². The van der Waals surface area contributed by atoms with E-state index in [1.54, 1.807) is 7.11 Å². The van der Waals surface area contributed by atoms with Gasteiger partial charge >= 0.3 is 0 Å². The summed E-state index contributed by atoms with van der Waals surface area (Å²) in [5.74, 6) is 0.992. The highest BCUT2D eigenvalue weighted by atomic mass is 16.5. The van der Waals surface area contributed by atoms with E-state index in [9.17, 15) is 4.79 Å². The molecule has 1 aromatic rings. The van der Waals surface area contributed by atoms with E-state index in [4.69, 9.17) is 9.47 Å². The van der Waals surface area contributed by atoms with Crippen LogP contribution in [0.3, 0.4) is 0 Å². The van der Waals surface area contributed by atoms with Gasteiger partial charge in [-0.2, -0.15) is 0 Å². The second-order valence-corrected chi connectivity index (χ2v) is 7.64. The predicted octanol–water partition coefficient (Wildman–Crippen LogP) is 3.65. The normalized spacial score (nSPS) is 23.3. The Morgan fingerprint density at radius 1 is 1.35 bits per heavy atom. The number of para-hydroxylation sites is 1. The summed E-state index contributed by atoms with van der Waals surface area (Å²) in [5, 5.41) is 3.16. The van der Waals surface area contributed by atoms with E-state index in [1.165, 1.54) is 0 Å². The Bertz CT molecular complexity index is 565. The number of carbonyl (C=O) groups excluding carboxylic acids is 1. The van der Waals surface area contributed by atoms with Crippen molar-refractivity contribution in [3.05, 3.63) is 29.8 Å². The predicted molar refractivity (Wildman–Crippen MR) is 91.8 cm³/mol. The van der Waals surface area contributed by atoms with Crippen molar-refractivity contribution in [2.24, 2.45) is 0 Å². The number of carbonyl (C=O) groups is 1. The molecule has 1 heterocycles. The first-order valence-electron chi connectivity index (χ1n) is 8.27.